The van der Waals surface area contributed by atoms with E-state index in [2.05, 4.69) is 20.8 Å². The molecule has 2 heterocycles. The molecule has 3 rings (SSSR count). The smallest absolute Gasteiger partial charge is 0.257 e. The quantitative estimate of drug-likeness (QED) is 0.754. The molecule has 0 atom stereocenters. The SMILES string of the molecule is O=C(Nc1ccn[nH]1)c1cccc2c1CCCN2. The van der Waals surface area contributed by atoms with Crippen molar-refractivity contribution in [1.82, 2.24) is 10.2 Å². The first kappa shape index (κ1) is 10.8. The molecule has 0 bridgehead atoms. The third-order valence-electron chi connectivity index (χ3n) is 3.09. The van der Waals surface area contributed by atoms with E-state index < -0.39 is 0 Å². The van der Waals surface area contributed by atoms with Gasteiger partial charge in [0.15, 0.2) is 0 Å². The third-order valence-corrected chi connectivity index (χ3v) is 3.09. The van der Waals surface area contributed by atoms with E-state index in [9.17, 15) is 4.79 Å². The summed E-state index contributed by atoms with van der Waals surface area (Å²) in [5.41, 5.74) is 2.90. The summed E-state index contributed by atoms with van der Waals surface area (Å²) in [6.45, 7) is 0.971. The van der Waals surface area contributed by atoms with Crippen molar-refractivity contribution in [2.75, 3.05) is 17.2 Å². The highest BCUT2D eigenvalue weighted by molar-refractivity contribution is 6.05. The number of aromatic nitrogens is 2. The summed E-state index contributed by atoms with van der Waals surface area (Å²) in [5.74, 6) is 0.515. The van der Waals surface area contributed by atoms with E-state index in [1.165, 1.54) is 0 Å². The zero-order valence-electron chi connectivity index (χ0n) is 9.86. The molecular formula is C13H14N4O. The lowest BCUT2D eigenvalue weighted by Crippen LogP contribution is -2.19. The first-order valence-electron chi connectivity index (χ1n) is 6.01. The van der Waals surface area contributed by atoms with Crippen molar-refractivity contribution >= 4 is 17.4 Å². The van der Waals surface area contributed by atoms with Crippen LogP contribution in [0.2, 0.25) is 0 Å². The summed E-state index contributed by atoms with van der Waals surface area (Å²) >= 11 is 0. The van der Waals surface area contributed by atoms with Gasteiger partial charge < -0.3 is 10.6 Å². The van der Waals surface area contributed by atoms with Crippen molar-refractivity contribution in [2.24, 2.45) is 0 Å². The molecule has 5 nitrogen and oxygen atoms in total. The summed E-state index contributed by atoms with van der Waals surface area (Å²) in [4.78, 5) is 12.2. The van der Waals surface area contributed by atoms with E-state index in [0.717, 1.165) is 36.2 Å². The van der Waals surface area contributed by atoms with Gasteiger partial charge in [-0.25, -0.2) is 0 Å². The van der Waals surface area contributed by atoms with Gasteiger partial charge in [0.1, 0.15) is 5.82 Å². The van der Waals surface area contributed by atoms with E-state index in [4.69, 9.17) is 0 Å². The van der Waals surface area contributed by atoms with Crippen molar-refractivity contribution in [1.29, 1.82) is 0 Å². The number of benzene rings is 1. The number of amides is 1. The molecule has 0 saturated carbocycles. The molecular weight excluding hydrogens is 228 g/mol. The van der Waals surface area contributed by atoms with E-state index >= 15 is 0 Å². The number of nitrogens with one attached hydrogen (secondary N) is 3. The van der Waals surface area contributed by atoms with Crippen LogP contribution in [0.1, 0.15) is 22.3 Å². The summed E-state index contributed by atoms with van der Waals surface area (Å²) in [5, 5.41) is 12.6. The molecule has 0 saturated heterocycles. The van der Waals surface area contributed by atoms with Gasteiger partial charge in [-0.2, -0.15) is 5.10 Å². The van der Waals surface area contributed by atoms with Crippen molar-refractivity contribution in [2.45, 2.75) is 12.8 Å². The summed E-state index contributed by atoms with van der Waals surface area (Å²) < 4.78 is 0. The van der Waals surface area contributed by atoms with Crippen LogP contribution in [0.3, 0.4) is 0 Å². The molecule has 1 aliphatic heterocycles. The van der Waals surface area contributed by atoms with Crippen molar-refractivity contribution in [3.63, 3.8) is 0 Å². The van der Waals surface area contributed by atoms with Gasteiger partial charge in [-0.3, -0.25) is 9.89 Å². The van der Waals surface area contributed by atoms with Gasteiger partial charge in [-0.05, 0) is 30.5 Å². The fraction of sp³-hybridized carbons (Fsp3) is 0.231. The maximum Gasteiger partial charge on any atom is 0.257 e. The highest BCUT2D eigenvalue weighted by atomic mass is 16.1. The lowest BCUT2D eigenvalue weighted by atomic mass is 9.97. The average Bonchev–Trinajstić information content (AvgIpc) is 2.91. The predicted octanol–water partition coefficient (Wildman–Crippen LogP) is 2.02. The van der Waals surface area contributed by atoms with Crippen LogP contribution >= 0.6 is 0 Å². The standard InChI is InChI=1S/C13H14N4O/c18-13(16-12-6-8-15-17-12)10-3-1-5-11-9(10)4-2-7-14-11/h1,3,5-6,8,14H,2,4,7H2,(H2,15,16,17,18). The number of aromatic amines is 1. The number of anilines is 2. The van der Waals surface area contributed by atoms with E-state index in [-0.39, 0.29) is 5.91 Å². The van der Waals surface area contributed by atoms with Crippen molar-refractivity contribution in [3.8, 4) is 0 Å². The van der Waals surface area contributed by atoms with Gasteiger partial charge in [-0.15, -0.1) is 0 Å². The molecule has 92 valence electrons. The van der Waals surface area contributed by atoms with Crippen LogP contribution < -0.4 is 10.6 Å². The van der Waals surface area contributed by atoms with Crippen LogP contribution in [0.5, 0.6) is 0 Å². The van der Waals surface area contributed by atoms with Crippen LogP contribution in [0.15, 0.2) is 30.5 Å². The molecule has 0 spiro atoms. The second-order valence-corrected chi connectivity index (χ2v) is 4.29. The molecule has 1 amide bonds. The zero-order valence-corrected chi connectivity index (χ0v) is 9.86. The van der Waals surface area contributed by atoms with E-state index in [0.29, 0.717) is 5.82 Å². The number of rotatable bonds is 2. The number of carbonyl (C=O) groups excluding carboxylic acids is 1. The number of hydrogen-bond acceptors (Lipinski definition) is 3. The second-order valence-electron chi connectivity index (χ2n) is 4.29. The Morgan fingerprint density at radius 1 is 1.33 bits per heavy atom. The topological polar surface area (TPSA) is 69.8 Å². The second kappa shape index (κ2) is 4.52. The van der Waals surface area contributed by atoms with Crippen molar-refractivity contribution < 1.29 is 4.79 Å². The van der Waals surface area contributed by atoms with Crippen LogP contribution in [0.4, 0.5) is 11.5 Å². The molecule has 0 unspecified atom stereocenters. The summed E-state index contributed by atoms with van der Waals surface area (Å²) in [6, 6.07) is 7.50. The highest BCUT2D eigenvalue weighted by Crippen LogP contribution is 2.25. The number of nitrogens with zero attached hydrogens (tertiary/aromatic N) is 1. The lowest BCUT2D eigenvalue weighted by Gasteiger charge is -2.20. The van der Waals surface area contributed by atoms with Crippen LogP contribution in [0.25, 0.3) is 0 Å². The minimum absolute atomic E-state index is 0.0974. The zero-order chi connectivity index (χ0) is 12.4. The minimum Gasteiger partial charge on any atom is -0.385 e. The lowest BCUT2D eigenvalue weighted by molar-refractivity contribution is 0.102. The molecule has 1 aromatic heterocycles. The molecule has 0 aliphatic carbocycles. The minimum atomic E-state index is -0.0974. The number of hydrogen-bond donors (Lipinski definition) is 3. The molecule has 2 aromatic rings. The predicted molar refractivity (Wildman–Crippen MR) is 69.8 cm³/mol. The maximum absolute atomic E-state index is 12.2. The Labute approximate surface area is 105 Å². The number of carbonyl (C=O) groups is 1. The molecule has 1 aromatic carbocycles. The molecule has 5 heteroatoms. The fourth-order valence-electron chi connectivity index (χ4n) is 2.24. The molecule has 0 radical (unpaired) electrons. The molecule has 18 heavy (non-hydrogen) atoms. The first-order chi connectivity index (χ1) is 8.84. The Morgan fingerprint density at radius 3 is 3.11 bits per heavy atom. The third kappa shape index (κ3) is 1.95. The van der Waals surface area contributed by atoms with E-state index in [1.54, 1.807) is 12.3 Å². The largest absolute Gasteiger partial charge is 0.385 e. The van der Waals surface area contributed by atoms with Crippen LogP contribution in [-0.2, 0) is 6.42 Å². The normalized spacial score (nSPS) is 13.6. The Morgan fingerprint density at radius 2 is 2.28 bits per heavy atom. The average molecular weight is 242 g/mol. The highest BCUT2D eigenvalue weighted by Gasteiger charge is 2.17. The van der Waals surface area contributed by atoms with Gasteiger partial charge in [0.25, 0.3) is 5.91 Å². The van der Waals surface area contributed by atoms with E-state index in [1.807, 2.05) is 18.2 Å². The van der Waals surface area contributed by atoms with Crippen molar-refractivity contribution in [3.05, 3.63) is 41.6 Å². The first-order valence-corrected chi connectivity index (χ1v) is 6.01. The number of H-pyrrole nitrogens is 1. The molecule has 3 N–H and O–H groups in total. The summed E-state index contributed by atoms with van der Waals surface area (Å²) in [6.07, 6.45) is 3.61. The monoisotopic (exact) mass is 242 g/mol. The van der Waals surface area contributed by atoms with Gasteiger partial charge in [-0.1, -0.05) is 6.07 Å². The molecule has 1 aliphatic rings. The maximum atomic E-state index is 12.2. The van der Waals surface area contributed by atoms with Gasteiger partial charge in [0.05, 0.1) is 6.20 Å². The van der Waals surface area contributed by atoms with Crippen LogP contribution in [0, 0.1) is 0 Å². The van der Waals surface area contributed by atoms with Gasteiger partial charge >= 0.3 is 0 Å². The van der Waals surface area contributed by atoms with Crippen LogP contribution in [-0.4, -0.2) is 22.6 Å². The Bertz CT molecular complexity index is 562. The Balaban J connectivity index is 1.89. The Kier molecular flexibility index (Phi) is 2.72. The Hall–Kier alpha value is -2.30. The number of fused-ring (bicyclic) bond motifs is 1. The summed E-state index contributed by atoms with van der Waals surface area (Å²) in [7, 11) is 0. The fourth-order valence-corrected chi connectivity index (χ4v) is 2.24. The molecule has 0 fully saturated rings. The van der Waals surface area contributed by atoms with Gasteiger partial charge in [0.2, 0.25) is 0 Å². The van der Waals surface area contributed by atoms with Gasteiger partial charge in [0, 0.05) is 23.9 Å².